The van der Waals surface area contributed by atoms with Crippen molar-refractivity contribution in [3.63, 3.8) is 0 Å². The molecule has 1 unspecified atom stereocenters. The highest BCUT2D eigenvalue weighted by atomic mass is 32.2. The zero-order valence-electron chi connectivity index (χ0n) is 14.2. The number of benzene rings is 1. The van der Waals surface area contributed by atoms with Crippen LogP contribution in [0.1, 0.15) is 18.1 Å². The standard InChI is InChI=1S/C16H24N2O5S/c1-12(8-17-2)16(20)18-9-13-4-6-14(7-5-13)10-24(21,22)11-15(19)23-3/h4-7,12,17H,8-11H2,1-3H3,(H,18,20). The van der Waals surface area contributed by atoms with E-state index in [2.05, 4.69) is 15.4 Å². The van der Waals surface area contributed by atoms with Crippen LogP contribution in [0.25, 0.3) is 0 Å². The summed E-state index contributed by atoms with van der Waals surface area (Å²) < 4.78 is 28.1. The lowest BCUT2D eigenvalue weighted by Crippen LogP contribution is -2.33. The van der Waals surface area contributed by atoms with Crippen LogP contribution < -0.4 is 10.6 Å². The monoisotopic (exact) mass is 356 g/mol. The molecule has 0 fully saturated rings. The van der Waals surface area contributed by atoms with Crippen LogP contribution in [0.3, 0.4) is 0 Å². The molecule has 2 N–H and O–H groups in total. The van der Waals surface area contributed by atoms with Crippen molar-refractivity contribution in [1.29, 1.82) is 0 Å². The number of ether oxygens (including phenoxy) is 1. The van der Waals surface area contributed by atoms with Crippen LogP contribution >= 0.6 is 0 Å². The van der Waals surface area contributed by atoms with Gasteiger partial charge in [0.2, 0.25) is 5.91 Å². The number of rotatable bonds is 9. The van der Waals surface area contributed by atoms with E-state index in [0.717, 1.165) is 12.7 Å². The van der Waals surface area contributed by atoms with Crippen molar-refractivity contribution in [2.45, 2.75) is 19.2 Å². The molecule has 0 saturated heterocycles. The van der Waals surface area contributed by atoms with Gasteiger partial charge in [0, 0.05) is 19.0 Å². The third-order valence-corrected chi connectivity index (χ3v) is 4.85. The van der Waals surface area contributed by atoms with Gasteiger partial charge in [-0.15, -0.1) is 0 Å². The van der Waals surface area contributed by atoms with E-state index in [0.29, 0.717) is 18.7 Å². The molecule has 1 amide bonds. The second-order valence-electron chi connectivity index (χ2n) is 5.60. The van der Waals surface area contributed by atoms with Crippen molar-refractivity contribution >= 4 is 21.7 Å². The van der Waals surface area contributed by atoms with Gasteiger partial charge in [0.15, 0.2) is 9.84 Å². The van der Waals surface area contributed by atoms with E-state index in [1.807, 2.05) is 6.92 Å². The van der Waals surface area contributed by atoms with Gasteiger partial charge in [0.25, 0.3) is 0 Å². The zero-order valence-corrected chi connectivity index (χ0v) is 15.0. The van der Waals surface area contributed by atoms with Crippen LogP contribution in [0.4, 0.5) is 0 Å². The fourth-order valence-corrected chi connectivity index (χ4v) is 3.34. The molecule has 134 valence electrons. The van der Waals surface area contributed by atoms with E-state index in [4.69, 9.17) is 0 Å². The molecule has 0 radical (unpaired) electrons. The molecule has 1 aromatic carbocycles. The molecule has 7 nitrogen and oxygen atoms in total. The zero-order chi connectivity index (χ0) is 18.2. The van der Waals surface area contributed by atoms with E-state index >= 15 is 0 Å². The molecule has 1 atom stereocenters. The second kappa shape index (κ2) is 9.39. The summed E-state index contributed by atoms with van der Waals surface area (Å²) in [6, 6.07) is 6.86. The van der Waals surface area contributed by atoms with E-state index in [-0.39, 0.29) is 17.6 Å². The average molecular weight is 356 g/mol. The van der Waals surface area contributed by atoms with Crippen LogP contribution in [0.2, 0.25) is 0 Å². The summed E-state index contributed by atoms with van der Waals surface area (Å²) >= 11 is 0. The summed E-state index contributed by atoms with van der Waals surface area (Å²) in [5.74, 6) is -1.81. The predicted molar refractivity (Wildman–Crippen MR) is 90.9 cm³/mol. The number of carbonyl (C=O) groups is 2. The lowest BCUT2D eigenvalue weighted by molar-refractivity contribution is -0.137. The predicted octanol–water partition coefficient (Wildman–Crippen LogP) is 0.246. The average Bonchev–Trinajstić information content (AvgIpc) is 2.53. The maximum atomic E-state index is 11.8. The Kier molecular flexibility index (Phi) is 7.87. The van der Waals surface area contributed by atoms with Gasteiger partial charge in [-0.1, -0.05) is 31.2 Å². The Labute approximate surface area is 142 Å². The SMILES string of the molecule is CNCC(C)C(=O)NCc1ccc(CS(=O)(=O)CC(=O)OC)cc1. The molecule has 0 aliphatic heterocycles. The Balaban J connectivity index is 2.57. The summed E-state index contributed by atoms with van der Waals surface area (Å²) in [4.78, 5) is 22.9. The Morgan fingerprint density at radius 2 is 1.75 bits per heavy atom. The van der Waals surface area contributed by atoms with Crippen molar-refractivity contribution in [3.05, 3.63) is 35.4 Å². The highest BCUT2D eigenvalue weighted by Crippen LogP contribution is 2.10. The highest BCUT2D eigenvalue weighted by molar-refractivity contribution is 7.91. The number of esters is 1. The van der Waals surface area contributed by atoms with Crippen molar-refractivity contribution in [2.75, 3.05) is 26.5 Å². The number of hydrogen-bond donors (Lipinski definition) is 2. The van der Waals surface area contributed by atoms with Crippen LogP contribution in [0, 0.1) is 5.92 Å². The number of nitrogens with one attached hydrogen (secondary N) is 2. The lowest BCUT2D eigenvalue weighted by Gasteiger charge is -2.12. The van der Waals surface area contributed by atoms with Crippen LogP contribution in [-0.4, -0.2) is 46.7 Å². The number of amides is 1. The normalized spacial score (nSPS) is 12.5. The molecule has 0 bridgehead atoms. The minimum Gasteiger partial charge on any atom is -0.468 e. The minimum absolute atomic E-state index is 0.0471. The van der Waals surface area contributed by atoms with Crippen LogP contribution in [0.15, 0.2) is 24.3 Å². The summed E-state index contributed by atoms with van der Waals surface area (Å²) in [6.45, 7) is 2.81. The van der Waals surface area contributed by atoms with Crippen LogP contribution in [-0.2, 0) is 36.5 Å². The van der Waals surface area contributed by atoms with Crippen molar-refractivity contribution in [1.82, 2.24) is 10.6 Å². The van der Waals surface area contributed by atoms with Crippen molar-refractivity contribution < 1.29 is 22.7 Å². The maximum Gasteiger partial charge on any atom is 0.320 e. The first-order valence-electron chi connectivity index (χ1n) is 7.54. The van der Waals surface area contributed by atoms with E-state index in [9.17, 15) is 18.0 Å². The third-order valence-electron chi connectivity index (χ3n) is 3.40. The van der Waals surface area contributed by atoms with Gasteiger partial charge in [0.1, 0.15) is 5.75 Å². The second-order valence-corrected chi connectivity index (χ2v) is 7.67. The molecule has 0 aromatic heterocycles. The molecule has 24 heavy (non-hydrogen) atoms. The number of methoxy groups -OCH3 is 1. The van der Waals surface area contributed by atoms with Crippen LogP contribution in [0.5, 0.6) is 0 Å². The number of hydrogen-bond acceptors (Lipinski definition) is 6. The molecule has 0 saturated carbocycles. The Bertz CT molecular complexity index is 656. The summed E-state index contributed by atoms with van der Waals surface area (Å²) in [5.41, 5.74) is 1.45. The van der Waals surface area contributed by atoms with Gasteiger partial charge in [0.05, 0.1) is 12.9 Å². The van der Waals surface area contributed by atoms with Crippen molar-refractivity contribution in [2.24, 2.45) is 5.92 Å². The molecule has 1 aromatic rings. The molecule has 0 heterocycles. The fraction of sp³-hybridized carbons (Fsp3) is 0.500. The summed E-state index contributed by atoms with van der Waals surface area (Å²) in [5, 5.41) is 5.77. The van der Waals surface area contributed by atoms with Crippen molar-refractivity contribution in [3.8, 4) is 0 Å². The fourth-order valence-electron chi connectivity index (χ4n) is 2.06. The summed E-state index contributed by atoms with van der Waals surface area (Å²) in [7, 11) is -0.614. The summed E-state index contributed by atoms with van der Waals surface area (Å²) in [6.07, 6.45) is 0. The van der Waals surface area contributed by atoms with Gasteiger partial charge in [-0.05, 0) is 18.2 Å². The minimum atomic E-state index is -3.55. The Morgan fingerprint density at radius 1 is 1.17 bits per heavy atom. The Morgan fingerprint density at radius 3 is 2.29 bits per heavy atom. The number of carbonyl (C=O) groups excluding carboxylic acids is 2. The molecule has 1 rings (SSSR count). The number of sulfone groups is 1. The van der Waals surface area contributed by atoms with E-state index < -0.39 is 21.6 Å². The first kappa shape index (κ1) is 20.1. The molecular weight excluding hydrogens is 332 g/mol. The quantitative estimate of drug-likeness (QED) is 0.615. The molecule has 0 aliphatic carbocycles. The Hall–Kier alpha value is -1.93. The highest BCUT2D eigenvalue weighted by Gasteiger charge is 2.18. The first-order valence-corrected chi connectivity index (χ1v) is 9.37. The molecule has 0 aliphatic rings. The largest absolute Gasteiger partial charge is 0.468 e. The molecule has 8 heteroatoms. The van der Waals surface area contributed by atoms with Gasteiger partial charge >= 0.3 is 5.97 Å². The van der Waals surface area contributed by atoms with Gasteiger partial charge in [-0.2, -0.15) is 0 Å². The first-order chi connectivity index (χ1) is 11.3. The van der Waals surface area contributed by atoms with Gasteiger partial charge in [-0.25, -0.2) is 8.42 Å². The van der Waals surface area contributed by atoms with E-state index in [1.54, 1.807) is 31.3 Å². The topological polar surface area (TPSA) is 102 Å². The van der Waals surface area contributed by atoms with Gasteiger partial charge in [-0.3, -0.25) is 9.59 Å². The van der Waals surface area contributed by atoms with E-state index in [1.165, 1.54) is 0 Å². The maximum absolute atomic E-state index is 11.8. The third kappa shape index (κ3) is 7.10. The lowest BCUT2D eigenvalue weighted by atomic mass is 10.1. The molecular formula is C16H24N2O5S. The van der Waals surface area contributed by atoms with Gasteiger partial charge < -0.3 is 15.4 Å². The smallest absolute Gasteiger partial charge is 0.320 e. The molecule has 0 spiro atoms.